The van der Waals surface area contributed by atoms with E-state index in [9.17, 15) is 0 Å². The van der Waals surface area contributed by atoms with Gasteiger partial charge in [-0.25, -0.2) is 0 Å². The van der Waals surface area contributed by atoms with E-state index in [1.165, 1.54) is 98.7 Å². The van der Waals surface area contributed by atoms with Crippen molar-refractivity contribution in [1.29, 1.82) is 0 Å². The third kappa shape index (κ3) is 4.38. The first-order chi connectivity index (χ1) is 27.3. The second kappa shape index (κ2) is 11.6. The van der Waals surface area contributed by atoms with Crippen LogP contribution in [0.25, 0.3) is 104 Å². The number of hydrogen-bond donors (Lipinski definition) is 0. The second-order valence-electron chi connectivity index (χ2n) is 14.6. The van der Waals surface area contributed by atoms with Gasteiger partial charge in [0, 0.05) is 49.1 Å². The Morgan fingerprint density at radius 2 is 0.709 bits per heavy atom. The molecule has 0 aliphatic rings. The van der Waals surface area contributed by atoms with Crippen LogP contribution in [0.2, 0.25) is 0 Å². The molecule has 0 saturated heterocycles. The third-order valence-electron chi connectivity index (χ3n) is 11.6. The van der Waals surface area contributed by atoms with Gasteiger partial charge in [-0.15, -0.1) is 0 Å². The molecule has 0 unspecified atom stereocenters. The number of rotatable bonds is 4. The molecule has 12 aromatic rings. The molecule has 12 rings (SSSR count). The van der Waals surface area contributed by atoms with Crippen LogP contribution in [0.5, 0.6) is 0 Å². The largest absolute Gasteiger partial charge is 0.309 e. The quantitative estimate of drug-likeness (QED) is 0.174. The van der Waals surface area contributed by atoms with Crippen molar-refractivity contribution in [3.8, 4) is 28.2 Å². The fourth-order valence-electron chi connectivity index (χ4n) is 9.20. The van der Waals surface area contributed by atoms with Gasteiger partial charge in [0.1, 0.15) is 0 Å². The topological polar surface area (TPSA) is 14.8 Å². The Hall–Kier alpha value is -7.36. The van der Waals surface area contributed by atoms with Gasteiger partial charge in [0.15, 0.2) is 0 Å². The molecule has 3 nitrogen and oxygen atoms in total. The summed E-state index contributed by atoms with van der Waals surface area (Å²) in [5, 5.41) is 9.99. The molecule has 0 bridgehead atoms. The van der Waals surface area contributed by atoms with E-state index in [2.05, 4.69) is 214 Å². The summed E-state index contributed by atoms with van der Waals surface area (Å²) in [6, 6.07) is 73.3. The van der Waals surface area contributed by atoms with Gasteiger partial charge in [0.05, 0.1) is 38.8 Å². The molecule has 0 N–H and O–H groups in total. The van der Waals surface area contributed by atoms with Crippen LogP contribution in [0.1, 0.15) is 0 Å². The highest BCUT2D eigenvalue weighted by molar-refractivity contribution is 6.14. The van der Waals surface area contributed by atoms with Crippen molar-refractivity contribution in [2.24, 2.45) is 0 Å². The molecule has 0 amide bonds. The number of aromatic nitrogens is 3. The third-order valence-corrected chi connectivity index (χ3v) is 11.6. The summed E-state index contributed by atoms with van der Waals surface area (Å²) in [5.74, 6) is 0. The van der Waals surface area contributed by atoms with Gasteiger partial charge < -0.3 is 13.7 Å². The van der Waals surface area contributed by atoms with E-state index in [1.54, 1.807) is 0 Å². The first-order valence-electron chi connectivity index (χ1n) is 18.9. The Kier molecular flexibility index (Phi) is 6.34. The fraction of sp³-hybridized carbons (Fsp3) is 0. The van der Waals surface area contributed by atoms with Crippen molar-refractivity contribution in [3.05, 3.63) is 200 Å². The summed E-state index contributed by atoms with van der Waals surface area (Å²) < 4.78 is 7.28. The summed E-state index contributed by atoms with van der Waals surface area (Å²) in [6.07, 6.45) is 0. The van der Waals surface area contributed by atoms with Crippen LogP contribution in [-0.4, -0.2) is 13.7 Å². The summed E-state index contributed by atoms with van der Waals surface area (Å²) in [7, 11) is 0. The van der Waals surface area contributed by atoms with E-state index in [0.29, 0.717) is 0 Å². The molecule has 0 saturated carbocycles. The smallest absolute Gasteiger partial charge is 0.0547 e. The summed E-state index contributed by atoms with van der Waals surface area (Å²) in [6.45, 7) is 0. The van der Waals surface area contributed by atoms with Gasteiger partial charge >= 0.3 is 0 Å². The number of hydrogen-bond acceptors (Lipinski definition) is 0. The second-order valence-corrected chi connectivity index (χ2v) is 14.6. The SMILES string of the molecule is c1ccc(-n2c3ccccc3c3cc(-n4c5ccccc5c5ccc(-c6ccc7c8ccccc8n(-c8cccc9ccccc89)c7c6)cc54)ccc32)cc1. The zero-order valence-electron chi connectivity index (χ0n) is 29.9. The van der Waals surface area contributed by atoms with Gasteiger partial charge in [0.25, 0.3) is 0 Å². The molecule has 0 fully saturated rings. The van der Waals surface area contributed by atoms with Gasteiger partial charge in [-0.3, -0.25) is 0 Å². The highest BCUT2D eigenvalue weighted by Crippen LogP contribution is 2.40. The minimum Gasteiger partial charge on any atom is -0.309 e. The molecule has 0 atom stereocenters. The number of fused-ring (bicyclic) bond motifs is 10. The highest BCUT2D eigenvalue weighted by atomic mass is 15.0. The van der Waals surface area contributed by atoms with E-state index in [4.69, 9.17) is 0 Å². The molecule has 3 heteroatoms. The Morgan fingerprint density at radius 1 is 0.236 bits per heavy atom. The summed E-state index contributed by atoms with van der Waals surface area (Å²) >= 11 is 0. The van der Waals surface area contributed by atoms with E-state index >= 15 is 0 Å². The maximum absolute atomic E-state index is 2.45. The zero-order chi connectivity index (χ0) is 36.0. The number of benzene rings is 9. The van der Waals surface area contributed by atoms with Gasteiger partial charge in [-0.1, -0.05) is 133 Å². The summed E-state index contributed by atoms with van der Waals surface area (Å²) in [4.78, 5) is 0. The molecular weight excluding hydrogens is 667 g/mol. The predicted octanol–water partition coefficient (Wildman–Crippen LogP) is 13.8. The Morgan fingerprint density at radius 3 is 1.38 bits per heavy atom. The monoisotopic (exact) mass is 699 g/mol. The Bertz CT molecular complexity index is 3480. The first kappa shape index (κ1) is 30.1. The van der Waals surface area contributed by atoms with Gasteiger partial charge in [0.2, 0.25) is 0 Å². The molecule has 3 heterocycles. The van der Waals surface area contributed by atoms with Crippen molar-refractivity contribution < 1.29 is 0 Å². The van der Waals surface area contributed by atoms with Crippen molar-refractivity contribution in [1.82, 2.24) is 13.7 Å². The van der Waals surface area contributed by atoms with Crippen LogP contribution in [0.3, 0.4) is 0 Å². The van der Waals surface area contributed by atoms with Crippen molar-refractivity contribution >= 4 is 76.2 Å². The molecule has 55 heavy (non-hydrogen) atoms. The van der Waals surface area contributed by atoms with Crippen LogP contribution in [0.15, 0.2) is 200 Å². The Labute approximate surface area is 317 Å². The normalized spacial score (nSPS) is 12.0. The minimum atomic E-state index is 1.15. The molecule has 256 valence electrons. The first-order valence-corrected chi connectivity index (χ1v) is 18.9. The van der Waals surface area contributed by atoms with E-state index < -0.39 is 0 Å². The number of nitrogens with zero attached hydrogens (tertiary/aromatic N) is 3. The standard InChI is InChI=1S/C52H33N3/c1-2-15-37(16-3-1)53-48-22-10-8-20-42(48)45-33-38(27-30-50(45)53)54-47-21-9-6-18-40(47)43-28-25-35(31-51(43)54)36-26-29-44-41-19-7-11-23-49(41)55(52(44)32-36)46-24-12-14-34-13-4-5-17-39(34)46/h1-33H. The molecule has 0 aliphatic heterocycles. The minimum absolute atomic E-state index is 1.15. The molecule has 0 aliphatic carbocycles. The molecule has 0 spiro atoms. The lowest BCUT2D eigenvalue weighted by atomic mass is 10.0. The predicted molar refractivity (Wildman–Crippen MR) is 232 cm³/mol. The van der Waals surface area contributed by atoms with Crippen molar-refractivity contribution in [2.75, 3.05) is 0 Å². The summed E-state index contributed by atoms with van der Waals surface area (Å²) in [5.41, 5.74) is 13.1. The van der Waals surface area contributed by atoms with E-state index in [-0.39, 0.29) is 0 Å². The number of para-hydroxylation sites is 4. The maximum atomic E-state index is 2.45. The average Bonchev–Trinajstić information content (AvgIpc) is 3.88. The lowest BCUT2D eigenvalue weighted by molar-refractivity contribution is 1.17. The van der Waals surface area contributed by atoms with E-state index in [0.717, 1.165) is 5.69 Å². The van der Waals surface area contributed by atoms with Crippen LogP contribution in [0, 0.1) is 0 Å². The maximum Gasteiger partial charge on any atom is 0.0547 e. The molecule has 3 aromatic heterocycles. The zero-order valence-corrected chi connectivity index (χ0v) is 29.9. The van der Waals surface area contributed by atoms with E-state index in [1.807, 2.05) is 0 Å². The lowest BCUT2D eigenvalue weighted by Gasteiger charge is -2.13. The van der Waals surface area contributed by atoms with Gasteiger partial charge in [-0.05, 0) is 83.2 Å². The van der Waals surface area contributed by atoms with Crippen LogP contribution in [0.4, 0.5) is 0 Å². The Balaban J connectivity index is 1.09. The van der Waals surface area contributed by atoms with Crippen LogP contribution < -0.4 is 0 Å². The molecule has 9 aromatic carbocycles. The van der Waals surface area contributed by atoms with Gasteiger partial charge in [-0.2, -0.15) is 0 Å². The fourth-order valence-corrected chi connectivity index (χ4v) is 9.20. The highest BCUT2D eigenvalue weighted by Gasteiger charge is 2.19. The molecular formula is C52H33N3. The van der Waals surface area contributed by atoms with Crippen LogP contribution >= 0.6 is 0 Å². The van der Waals surface area contributed by atoms with Crippen molar-refractivity contribution in [2.45, 2.75) is 0 Å². The van der Waals surface area contributed by atoms with Crippen molar-refractivity contribution in [3.63, 3.8) is 0 Å². The average molecular weight is 700 g/mol. The van der Waals surface area contributed by atoms with Crippen LogP contribution in [-0.2, 0) is 0 Å². The lowest BCUT2D eigenvalue weighted by Crippen LogP contribution is -1.96. The molecule has 0 radical (unpaired) electrons.